The van der Waals surface area contributed by atoms with Gasteiger partial charge in [-0.05, 0) is 58.3 Å². The summed E-state index contributed by atoms with van der Waals surface area (Å²) in [7, 11) is 0. The number of aryl methyl sites for hydroxylation is 1. The molecule has 190 valence electrons. The molecule has 0 bridgehead atoms. The quantitative estimate of drug-likeness (QED) is 0.619. The third-order valence-electron chi connectivity index (χ3n) is 8.46. The molecule has 2 aliphatic heterocycles. The fraction of sp³-hybridized carbons (Fsp3) is 0.815. The van der Waals surface area contributed by atoms with E-state index in [-0.39, 0.29) is 17.9 Å². The van der Waals surface area contributed by atoms with Crippen LogP contribution >= 0.6 is 0 Å². The number of likely N-dealkylation sites (tertiary alicyclic amines) is 1. The molecule has 7 heteroatoms. The van der Waals surface area contributed by atoms with Crippen LogP contribution in [0.5, 0.6) is 0 Å². The maximum absolute atomic E-state index is 13.5. The highest BCUT2D eigenvalue weighted by Gasteiger charge is 2.53. The first-order valence-corrected chi connectivity index (χ1v) is 13.7. The van der Waals surface area contributed by atoms with Gasteiger partial charge in [0.15, 0.2) is 0 Å². The number of amides is 2. The van der Waals surface area contributed by atoms with Crippen LogP contribution in [0, 0.1) is 19.8 Å². The standard InChI is InChI=1S/C27H45N5O2/c1-6-7-14-31-25(33)24(17-19(2)3)28-26(34)27(31)12-15-30(16-13-27)18-23-20(4)29-32(21(23)5)22-10-8-9-11-22/h19,22,24H,6-18H2,1-5H3,(H,28,34)/t24-/m0/s1. The summed E-state index contributed by atoms with van der Waals surface area (Å²) in [4.78, 5) is 31.4. The van der Waals surface area contributed by atoms with E-state index in [1.807, 2.05) is 4.90 Å². The molecular formula is C27H45N5O2. The second-order valence-corrected chi connectivity index (χ2v) is 11.3. The van der Waals surface area contributed by atoms with E-state index in [9.17, 15) is 9.59 Å². The number of carbonyl (C=O) groups is 2. The number of piperidine rings is 1. The summed E-state index contributed by atoms with van der Waals surface area (Å²) < 4.78 is 2.28. The monoisotopic (exact) mass is 471 g/mol. The van der Waals surface area contributed by atoms with E-state index in [0.717, 1.165) is 38.2 Å². The van der Waals surface area contributed by atoms with Crippen molar-refractivity contribution >= 4 is 11.8 Å². The van der Waals surface area contributed by atoms with Crippen LogP contribution in [0.15, 0.2) is 0 Å². The number of hydrogen-bond donors (Lipinski definition) is 1. The maximum atomic E-state index is 13.5. The van der Waals surface area contributed by atoms with Gasteiger partial charge in [-0.1, -0.05) is 40.0 Å². The molecule has 2 saturated heterocycles. The van der Waals surface area contributed by atoms with E-state index in [1.54, 1.807) is 0 Å². The summed E-state index contributed by atoms with van der Waals surface area (Å²) in [5, 5.41) is 8.03. The molecule has 1 spiro atoms. The first-order chi connectivity index (χ1) is 16.3. The average Bonchev–Trinajstić information content (AvgIpc) is 3.42. The van der Waals surface area contributed by atoms with Crippen LogP contribution in [-0.4, -0.2) is 62.6 Å². The summed E-state index contributed by atoms with van der Waals surface area (Å²) >= 11 is 0. The molecule has 4 rings (SSSR count). The number of nitrogens with one attached hydrogen (secondary N) is 1. The molecular weight excluding hydrogens is 426 g/mol. The number of aromatic nitrogens is 2. The Bertz CT molecular complexity index is 878. The Balaban J connectivity index is 1.47. The number of nitrogens with zero attached hydrogens (tertiary/aromatic N) is 4. The normalized spacial score (nSPS) is 23.9. The lowest BCUT2D eigenvalue weighted by Crippen LogP contribution is -2.73. The van der Waals surface area contributed by atoms with Crippen LogP contribution in [0.2, 0.25) is 0 Å². The van der Waals surface area contributed by atoms with Gasteiger partial charge in [0, 0.05) is 37.4 Å². The number of carbonyl (C=O) groups excluding carboxylic acids is 2. The zero-order valence-corrected chi connectivity index (χ0v) is 22.0. The molecule has 2 amide bonds. The molecule has 1 aliphatic carbocycles. The summed E-state index contributed by atoms with van der Waals surface area (Å²) in [5.41, 5.74) is 3.09. The van der Waals surface area contributed by atoms with Crippen LogP contribution in [0.1, 0.15) is 102 Å². The number of piperazine rings is 1. The lowest BCUT2D eigenvalue weighted by molar-refractivity contribution is -0.161. The highest BCUT2D eigenvalue weighted by Crippen LogP contribution is 2.36. The molecule has 3 aliphatic rings. The van der Waals surface area contributed by atoms with Gasteiger partial charge in [0.25, 0.3) is 0 Å². The molecule has 7 nitrogen and oxygen atoms in total. The SMILES string of the molecule is CCCCN1C(=O)[C@H](CC(C)C)NC(=O)C12CCN(Cc1c(C)nn(C3CCCC3)c1C)CC2. The number of rotatable bonds is 8. The Labute approximate surface area is 205 Å². The molecule has 0 aromatic carbocycles. The Morgan fingerprint density at radius 3 is 2.41 bits per heavy atom. The fourth-order valence-corrected chi connectivity index (χ4v) is 6.38. The van der Waals surface area contributed by atoms with E-state index in [4.69, 9.17) is 5.10 Å². The van der Waals surface area contributed by atoms with Crippen molar-refractivity contribution in [2.24, 2.45) is 5.92 Å². The van der Waals surface area contributed by atoms with Crippen LogP contribution in [0.4, 0.5) is 0 Å². The Kier molecular flexibility index (Phi) is 7.70. The summed E-state index contributed by atoms with van der Waals surface area (Å²) in [5.74, 6) is 0.560. The van der Waals surface area contributed by atoms with Crippen molar-refractivity contribution in [3.63, 3.8) is 0 Å². The molecule has 1 N–H and O–H groups in total. The van der Waals surface area contributed by atoms with Crippen molar-refractivity contribution in [3.05, 3.63) is 17.0 Å². The van der Waals surface area contributed by atoms with Crippen molar-refractivity contribution in [1.82, 2.24) is 24.9 Å². The smallest absolute Gasteiger partial charge is 0.246 e. The summed E-state index contributed by atoms with van der Waals surface area (Å²) in [6, 6.07) is 0.180. The van der Waals surface area contributed by atoms with Crippen molar-refractivity contribution in [2.45, 2.75) is 117 Å². The van der Waals surface area contributed by atoms with Crippen molar-refractivity contribution in [3.8, 4) is 0 Å². The lowest BCUT2D eigenvalue weighted by Gasteiger charge is -2.52. The molecule has 34 heavy (non-hydrogen) atoms. The molecule has 0 radical (unpaired) electrons. The average molecular weight is 472 g/mol. The summed E-state index contributed by atoms with van der Waals surface area (Å²) in [6.07, 6.45) is 9.17. The maximum Gasteiger partial charge on any atom is 0.246 e. The van der Waals surface area contributed by atoms with Gasteiger partial charge in [0.2, 0.25) is 11.8 Å². The van der Waals surface area contributed by atoms with Crippen molar-refractivity contribution in [2.75, 3.05) is 19.6 Å². The molecule has 1 aromatic rings. The van der Waals surface area contributed by atoms with Gasteiger partial charge in [0.1, 0.15) is 11.6 Å². The minimum absolute atomic E-state index is 0.0647. The largest absolute Gasteiger partial charge is 0.342 e. The fourth-order valence-electron chi connectivity index (χ4n) is 6.38. The van der Waals surface area contributed by atoms with Crippen LogP contribution in [0.3, 0.4) is 0 Å². The first kappa shape index (κ1) is 25.2. The van der Waals surface area contributed by atoms with E-state index < -0.39 is 5.54 Å². The predicted octanol–water partition coefficient (Wildman–Crippen LogP) is 4.12. The highest BCUT2D eigenvalue weighted by molar-refractivity contribution is 6.00. The van der Waals surface area contributed by atoms with Gasteiger partial charge in [-0.2, -0.15) is 5.10 Å². The lowest BCUT2D eigenvalue weighted by atomic mass is 9.80. The Morgan fingerprint density at radius 1 is 1.12 bits per heavy atom. The molecule has 0 unspecified atom stereocenters. The van der Waals surface area contributed by atoms with E-state index in [1.165, 1.54) is 36.9 Å². The summed E-state index contributed by atoms with van der Waals surface area (Å²) in [6.45, 7) is 13.9. The molecule has 3 heterocycles. The Morgan fingerprint density at radius 2 is 1.79 bits per heavy atom. The third kappa shape index (κ3) is 4.77. The molecule has 1 aromatic heterocycles. The molecule has 3 fully saturated rings. The highest BCUT2D eigenvalue weighted by atomic mass is 16.2. The minimum atomic E-state index is -0.686. The minimum Gasteiger partial charge on any atom is -0.342 e. The third-order valence-corrected chi connectivity index (χ3v) is 8.46. The van der Waals surface area contributed by atoms with Gasteiger partial charge in [0.05, 0.1) is 11.7 Å². The van der Waals surface area contributed by atoms with Crippen LogP contribution in [-0.2, 0) is 16.1 Å². The van der Waals surface area contributed by atoms with Gasteiger partial charge >= 0.3 is 0 Å². The predicted molar refractivity (Wildman–Crippen MR) is 134 cm³/mol. The van der Waals surface area contributed by atoms with Crippen LogP contribution < -0.4 is 5.32 Å². The first-order valence-electron chi connectivity index (χ1n) is 13.7. The molecule has 1 saturated carbocycles. The zero-order chi connectivity index (χ0) is 24.5. The van der Waals surface area contributed by atoms with Gasteiger partial charge < -0.3 is 10.2 Å². The van der Waals surface area contributed by atoms with Crippen molar-refractivity contribution < 1.29 is 9.59 Å². The Hall–Kier alpha value is -1.89. The van der Waals surface area contributed by atoms with E-state index in [0.29, 0.717) is 37.8 Å². The second-order valence-electron chi connectivity index (χ2n) is 11.3. The second kappa shape index (κ2) is 10.4. The van der Waals surface area contributed by atoms with E-state index in [2.05, 4.69) is 49.5 Å². The van der Waals surface area contributed by atoms with E-state index >= 15 is 0 Å². The topological polar surface area (TPSA) is 70.5 Å². The van der Waals surface area contributed by atoms with Gasteiger partial charge in [-0.15, -0.1) is 0 Å². The number of unbranched alkanes of at least 4 members (excludes halogenated alkanes) is 1. The van der Waals surface area contributed by atoms with Gasteiger partial charge in [-0.25, -0.2) is 0 Å². The zero-order valence-electron chi connectivity index (χ0n) is 22.0. The number of hydrogen-bond acceptors (Lipinski definition) is 4. The van der Waals surface area contributed by atoms with Crippen LogP contribution in [0.25, 0.3) is 0 Å². The molecule has 1 atom stereocenters. The van der Waals surface area contributed by atoms with Crippen molar-refractivity contribution in [1.29, 1.82) is 0 Å². The van der Waals surface area contributed by atoms with Gasteiger partial charge in [-0.3, -0.25) is 19.2 Å².